The average molecular weight is 663 g/mol. The van der Waals surface area contributed by atoms with Crippen molar-refractivity contribution in [2.75, 3.05) is 6.61 Å². The number of unbranched alkanes of at least 4 members (excludes halogenated alkanes) is 32. The second-order valence-electron chi connectivity index (χ2n) is 14.9. The number of hydrogen-bond donors (Lipinski definition) is 1. The molecule has 0 aliphatic heterocycles. The molecular formula is C44H86O3. The molecule has 0 aromatic carbocycles. The fraction of sp³-hybridized carbons (Fsp3) is 0.932. The van der Waals surface area contributed by atoms with Crippen LogP contribution in [0, 0.1) is 0 Å². The highest BCUT2D eigenvalue weighted by Crippen LogP contribution is 2.16. The van der Waals surface area contributed by atoms with Crippen molar-refractivity contribution in [1.82, 2.24) is 0 Å². The average Bonchev–Trinajstić information content (AvgIpc) is 3.07. The van der Waals surface area contributed by atoms with E-state index in [9.17, 15) is 9.90 Å². The quantitative estimate of drug-likeness (QED) is 0.0403. The van der Waals surface area contributed by atoms with Crippen LogP contribution in [-0.4, -0.2) is 23.8 Å². The molecule has 0 bridgehead atoms. The van der Waals surface area contributed by atoms with Gasteiger partial charge < -0.3 is 9.84 Å². The molecule has 0 radical (unpaired) electrons. The second kappa shape index (κ2) is 41.3. The van der Waals surface area contributed by atoms with Crippen LogP contribution in [0.4, 0.5) is 0 Å². The highest BCUT2D eigenvalue weighted by atomic mass is 16.5. The number of carbonyl (C=O) groups is 1. The molecule has 1 unspecified atom stereocenters. The first-order valence-corrected chi connectivity index (χ1v) is 21.7. The molecule has 0 fully saturated rings. The van der Waals surface area contributed by atoms with Crippen molar-refractivity contribution in [2.45, 2.75) is 258 Å². The molecule has 0 saturated heterocycles. The molecule has 0 aliphatic carbocycles. The molecule has 0 spiro atoms. The Labute approximate surface area is 296 Å². The molecule has 1 atom stereocenters. The van der Waals surface area contributed by atoms with Crippen molar-refractivity contribution < 1.29 is 14.6 Å². The number of aliphatic hydroxyl groups excluding tert-OH is 1. The Kier molecular flexibility index (Phi) is 40.6. The van der Waals surface area contributed by atoms with Crippen LogP contribution in [0.3, 0.4) is 0 Å². The summed E-state index contributed by atoms with van der Waals surface area (Å²) in [7, 11) is 0. The minimum absolute atomic E-state index is 0.0277. The summed E-state index contributed by atoms with van der Waals surface area (Å²) in [5, 5.41) is 10.1. The Bertz CT molecular complexity index is 615. The van der Waals surface area contributed by atoms with Crippen molar-refractivity contribution in [3.63, 3.8) is 0 Å². The Morgan fingerprint density at radius 1 is 0.468 bits per heavy atom. The first-order valence-electron chi connectivity index (χ1n) is 21.7. The van der Waals surface area contributed by atoms with Crippen LogP contribution in [0.2, 0.25) is 0 Å². The lowest BCUT2D eigenvalue weighted by Gasteiger charge is -2.06. The molecule has 280 valence electrons. The number of allylic oxidation sites excluding steroid dienone is 1. The highest BCUT2D eigenvalue weighted by molar-refractivity contribution is 5.69. The number of ether oxygens (including phenoxy) is 1. The molecule has 0 saturated carbocycles. The second-order valence-corrected chi connectivity index (χ2v) is 14.9. The molecule has 47 heavy (non-hydrogen) atoms. The van der Waals surface area contributed by atoms with Gasteiger partial charge in [0.25, 0.3) is 0 Å². The molecule has 0 aromatic rings. The lowest BCUT2D eigenvalue weighted by Crippen LogP contribution is -2.05. The molecule has 3 heteroatoms. The van der Waals surface area contributed by atoms with Gasteiger partial charge in [-0.3, -0.25) is 4.79 Å². The van der Waals surface area contributed by atoms with Crippen LogP contribution in [0.5, 0.6) is 0 Å². The zero-order valence-corrected chi connectivity index (χ0v) is 32.4. The maximum absolute atomic E-state index is 12.0. The third-order valence-electron chi connectivity index (χ3n) is 9.97. The predicted octanol–water partition coefficient (Wildman–Crippen LogP) is 14.9. The van der Waals surface area contributed by atoms with Gasteiger partial charge in [0.1, 0.15) is 0 Å². The molecule has 0 aliphatic rings. The van der Waals surface area contributed by atoms with Gasteiger partial charge in [0.15, 0.2) is 0 Å². The molecule has 3 nitrogen and oxygen atoms in total. The molecule has 1 N–H and O–H groups in total. The van der Waals surface area contributed by atoms with Gasteiger partial charge in [0.2, 0.25) is 0 Å². The molecular weight excluding hydrogens is 576 g/mol. The van der Waals surface area contributed by atoms with Crippen molar-refractivity contribution in [3.05, 3.63) is 12.2 Å². The van der Waals surface area contributed by atoms with Crippen LogP contribution in [0.15, 0.2) is 12.2 Å². The van der Waals surface area contributed by atoms with Crippen LogP contribution >= 0.6 is 0 Å². The minimum Gasteiger partial charge on any atom is -0.466 e. The van der Waals surface area contributed by atoms with Gasteiger partial charge >= 0.3 is 5.97 Å². The minimum atomic E-state index is -0.293. The largest absolute Gasteiger partial charge is 0.466 e. The molecule has 0 aromatic heterocycles. The summed E-state index contributed by atoms with van der Waals surface area (Å²) in [6.07, 6.45) is 51.8. The van der Waals surface area contributed by atoms with E-state index in [1.807, 2.05) is 6.08 Å². The van der Waals surface area contributed by atoms with Gasteiger partial charge in [0.05, 0.1) is 12.7 Å². The van der Waals surface area contributed by atoms with E-state index in [1.165, 1.54) is 186 Å². The van der Waals surface area contributed by atoms with E-state index in [-0.39, 0.29) is 12.1 Å². The van der Waals surface area contributed by atoms with E-state index in [0.717, 1.165) is 44.9 Å². The maximum Gasteiger partial charge on any atom is 0.305 e. The SMILES string of the molecule is CCCCCCCCCCCCCCCCCCCCCCCCCOC(=O)CCCCC/C=C/C(O)CCCCCCCCCC. The molecule has 0 amide bonds. The molecule has 0 rings (SSSR count). The maximum atomic E-state index is 12.0. The van der Waals surface area contributed by atoms with E-state index in [2.05, 4.69) is 19.9 Å². The van der Waals surface area contributed by atoms with E-state index in [0.29, 0.717) is 13.0 Å². The van der Waals surface area contributed by atoms with Crippen molar-refractivity contribution in [1.29, 1.82) is 0 Å². The Morgan fingerprint density at radius 3 is 1.21 bits per heavy atom. The summed E-state index contributed by atoms with van der Waals surface area (Å²) in [6, 6.07) is 0. The third-order valence-corrected chi connectivity index (χ3v) is 9.97. The smallest absolute Gasteiger partial charge is 0.305 e. The van der Waals surface area contributed by atoms with Gasteiger partial charge in [-0.2, -0.15) is 0 Å². The number of carbonyl (C=O) groups excluding carboxylic acids is 1. The Balaban J connectivity index is 3.24. The monoisotopic (exact) mass is 663 g/mol. The first-order chi connectivity index (χ1) is 23.2. The summed E-state index contributed by atoms with van der Waals surface area (Å²) < 4.78 is 5.44. The predicted molar refractivity (Wildman–Crippen MR) is 208 cm³/mol. The van der Waals surface area contributed by atoms with E-state index >= 15 is 0 Å². The van der Waals surface area contributed by atoms with Crippen LogP contribution < -0.4 is 0 Å². The fourth-order valence-corrected chi connectivity index (χ4v) is 6.69. The van der Waals surface area contributed by atoms with Gasteiger partial charge in [0, 0.05) is 6.42 Å². The van der Waals surface area contributed by atoms with Gasteiger partial charge in [-0.15, -0.1) is 0 Å². The van der Waals surface area contributed by atoms with Gasteiger partial charge in [-0.1, -0.05) is 225 Å². The third kappa shape index (κ3) is 41.3. The van der Waals surface area contributed by atoms with Crippen molar-refractivity contribution >= 4 is 5.97 Å². The zero-order chi connectivity index (χ0) is 34.1. The van der Waals surface area contributed by atoms with Crippen LogP contribution in [-0.2, 0) is 9.53 Å². The van der Waals surface area contributed by atoms with Gasteiger partial charge in [-0.05, 0) is 32.1 Å². The number of hydrogen-bond acceptors (Lipinski definition) is 3. The topological polar surface area (TPSA) is 46.5 Å². The number of aliphatic hydroxyl groups is 1. The summed E-state index contributed by atoms with van der Waals surface area (Å²) in [5.74, 6) is -0.0277. The summed E-state index contributed by atoms with van der Waals surface area (Å²) in [4.78, 5) is 12.0. The van der Waals surface area contributed by atoms with Crippen molar-refractivity contribution in [3.8, 4) is 0 Å². The first kappa shape index (κ1) is 46.2. The van der Waals surface area contributed by atoms with E-state index in [4.69, 9.17) is 4.74 Å². The summed E-state index contributed by atoms with van der Waals surface area (Å²) >= 11 is 0. The highest BCUT2D eigenvalue weighted by Gasteiger charge is 2.03. The normalized spacial score (nSPS) is 12.3. The zero-order valence-electron chi connectivity index (χ0n) is 32.4. The standard InChI is InChI=1S/C44H86O3/c1-3-5-7-9-11-13-14-15-16-17-18-19-20-21-22-23-24-25-26-27-29-34-38-42-47-44(46)41-37-33-30-32-36-40-43(45)39-35-31-28-12-10-8-6-4-2/h36,40,43,45H,3-35,37-39,41-42H2,1-2H3/b40-36+. The number of rotatable bonds is 40. The van der Waals surface area contributed by atoms with Crippen LogP contribution in [0.25, 0.3) is 0 Å². The number of esters is 1. The lowest BCUT2D eigenvalue weighted by atomic mass is 10.0. The van der Waals surface area contributed by atoms with E-state index < -0.39 is 0 Å². The van der Waals surface area contributed by atoms with Crippen LogP contribution in [0.1, 0.15) is 251 Å². The van der Waals surface area contributed by atoms with Gasteiger partial charge in [-0.25, -0.2) is 0 Å². The van der Waals surface area contributed by atoms with E-state index in [1.54, 1.807) is 0 Å². The lowest BCUT2D eigenvalue weighted by molar-refractivity contribution is -0.143. The van der Waals surface area contributed by atoms with Crippen molar-refractivity contribution in [2.24, 2.45) is 0 Å². The molecule has 0 heterocycles. The Hall–Kier alpha value is -0.830. The fourth-order valence-electron chi connectivity index (χ4n) is 6.69. The Morgan fingerprint density at radius 2 is 0.809 bits per heavy atom. The summed E-state index contributed by atoms with van der Waals surface area (Å²) in [6.45, 7) is 5.15. The summed E-state index contributed by atoms with van der Waals surface area (Å²) in [5.41, 5.74) is 0.